The van der Waals surface area contributed by atoms with E-state index >= 15 is 0 Å². The summed E-state index contributed by atoms with van der Waals surface area (Å²) in [6.07, 6.45) is 0. The van der Waals surface area contributed by atoms with Crippen LogP contribution in [0.5, 0.6) is 5.75 Å². The lowest BCUT2D eigenvalue weighted by molar-refractivity contribution is -0.134. The highest BCUT2D eigenvalue weighted by Crippen LogP contribution is 2.21. The standard InChI is InChI=1S/C18H18ClN5O2/c1-18(2,26-15-10-8-13(19)9-11-15)17(25)20-12-16-21-22-23-24(16)14-6-4-3-5-7-14/h3-11H,12H2,1-2H3,(H,20,25). The van der Waals surface area contributed by atoms with Crippen molar-refractivity contribution in [2.45, 2.75) is 26.0 Å². The first-order valence-corrected chi connectivity index (χ1v) is 8.39. The maximum Gasteiger partial charge on any atom is 0.263 e. The quantitative estimate of drug-likeness (QED) is 0.720. The van der Waals surface area contributed by atoms with E-state index < -0.39 is 5.60 Å². The summed E-state index contributed by atoms with van der Waals surface area (Å²) in [5.74, 6) is 0.797. The number of nitrogens with one attached hydrogen (secondary N) is 1. The molecule has 1 heterocycles. The molecule has 0 unspecified atom stereocenters. The van der Waals surface area contributed by atoms with E-state index in [2.05, 4.69) is 20.8 Å². The lowest BCUT2D eigenvalue weighted by Gasteiger charge is -2.25. The number of nitrogens with zero attached hydrogens (tertiary/aromatic N) is 4. The molecule has 0 atom stereocenters. The van der Waals surface area contributed by atoms with Gasteiger partial charge >= 0.3 is 0 Å². The Morgan fingerprint density at radius 2 is 1.85 bits per heavy atom. The molecular weight excluding hydrogens is 354 g/mol. The van der Waals surface area contributed by atoms with E-state index in [4.69, 9.17) is 16.3 Å². The van der Waals surface area contributed by atoms with Crippen molar-refractivity contribution >= 4 is 17.5 Å². The zero-order valence-electron chi connectivity index (χ0n) is 14.4. The average Bonchev–Trinajstić information content (AvgIpc) is 3.10. The minimum Gasteiger partial charge on any atom is -0.478 e. The fourth-order valence-corrected chi connectivity index (χ4v) is 2.43. The van der Waals surface area contributed by atoms with Gasteiger partial charge in [0.1, 0.15) is 5.75 Å². The molecule has 134 valence electrons. The van der Waals surface area contributed by atoms with Crippen molar-refractivity contribution in [2.24, 2.45) is 0 Å². The van der Waals surface area contributed by atoms with Crippen molar-refractivity contribution in [1.29, 1.82) is 0 Å². The number of hydrogen-bond donors (Lipinski definition) is 1. The fourth-order valence-electron chi connectivity index (χ4n) is 2.30. The Kier molecular flexibility index (Phi) is 5.18. The normalized spacial score (nSPS) is 11.2. The van der Waals surface area contributed by atoms with Gasteiger partial charge in [-0.2, -0.15) is 4.68 Å². The maximum atomic E-state index is 12.5. The lowest BCUT2D eigenvalue weighted by Crippen LogP contribution is -2.46. The molecule has 7 nitrogen and oxygen atoms in total. The second kappa shape index (κ2) is 7.53. The summed E-state index contributed by atoms with van der Waals surface area (Å²) in [5.41, 5.74) is -0.253. The first-order chi connectivity index (χ1) is 12.5. The van der Waals surface area contributed by atoms with Crippen LogP contribution in [0, 0.1) is 0 Å². The molecule has 3 rings (SSSR count). The van der Waals surface area contributed by atoms with Gasteiger partial charge in [-0.1, -0.05) is 29.8 Å². The molecular formula is C18H18ClN5O2. The van der Waals surface area contributed by atoms with Crippen LogP contribution in [-0.2, 0) is 11.3 Å². The van der Waals surface area contributed by atoms with E-state index in [1.54, 1.807) is 42.8 Å². The zero-order valence-corrected chi connectivity index (χ0v) is 15.1. The Balaban J connectivity index is 1.65. The Hall–Kier alpha value is -2.93. The molecule has 0 saturated carbocycles. The van der Waals surface area contributed by atoms with Gasteiger partial charge in [-0.15, -0.1) is 5.10 Å². The average molecular weight is 372 g/mol. The van der Waals surface area contributed by atoms with Gasteiger partial charge in [0.15, 0.2) is 11.4 Å². The maximum absolute atomic E-state index is 12.5. The highest BCUT2D eigenvalue weighted by molar-refractivity contribution is 6.30. The van der Waals surface area contributed by atoms with Crippen molar-refractivity contribution in [2.75, 3.05) is 0 Å². The van der Waals surface area contributed by atoms with Gasteiger partial charge in [0.2, 0.25) is 0 Å². The molecule has 1 aromatic heterocycles. The molecule has 0 radical (unpaired) electrons. The van der Waals surface area contributed by atoms with Gasteiger partial charge in [-0.25, -0.2) is 0 Å². The van der Waals surface area contributed by atoms with Gasteiger partial charge in [-0.05, 0) is 60.7 Å². The van der Waals surface area contributed by atoms with Gasteiger partial charge in [0.25, 0.3) is 5.91 Å². The van der Waals surface area contributed by atoms with E-state index in [1.807, 2.05) is 30.3 Å². The number of carbonyl (C=O) groups excluding carboxylic acids is 1. The fraction of sp³-hybridized carbons (Fsp3) is 0.222. The van der Waals surface area contributed by atoms with E-state index in [1.165, 1.54) is 0 Å². The Labute approximate surface area is 155 Å². The number of ether oxygens (including phenoxy) is 1. The third-order valence-electron chi connectivity index (χ3n) is 3.68. The molecule has 1 N–H and O–H groups in total. The molecule has 8 heteroatoms. The van der Waals surface area contributed by atoms with Crippen LogP contribution >= 0.6 is 11.6 Å². The monoisotopic (exact) mass is 371 g/mol. The molecule has 0 fully saturated rings. The minimum atomic E-state index is -1.07. The highest BCUT2D eigenvalue weighted by Gasteiger charge is 2.30. The van der Waals surface area contributed by atoms with Crippen molar-refractivity contribution in [3.63, 3.8) is 0 Å². The number of aromatic nitrogens is 4. The number of benzene rings is 2. The van der Waals surface area contributed by atoms with Crippen molar-refractivity contribution in [3.8, 4) is 11.4 Å². The van der Waals surface area contributed by atoms with Crippen LogP contribution in [-0.4, -0.2) is 31.7 Å². The third-order valence-corrected chi connectivity index (χ3v) is 3.93. The number of tetrazole rings is 1. The smallest absolute Gasteiger partial charge is 0.263 e. The first kappa shape index (κ1) is 17.9. The Bertz CT molecular complexity index is 878. The second-order valence-corrected chi connectivity index (χ2v) is 6.53. The first-order valence-electron chi connectivity index (χ1n) is 8.01. The minimum absolute atomic E-state index is 0.175. The summed E-state index contributed by atoms with van der Waals surface area (Å²) in [6, 6.07) is 16.3. The summed E-state index contributed by atoms with van der Waals surface area (Å²) in [6.45, 7) is 3.56. The van der Waals surface area contributed by atoms with Gasteiger partial charge < -0.3 is 10.1 Å². The molecule has 0 aliphatic carbocycles. The molecule has 0 bridgehead atoms. The summed E-state index contributed by atoms with van der Waals surface area (Å²) >= 11 is 5.86. The van der Waals surface area contributed by atoms with E-state index in [-0.39, 0.29) is 12.5 Å². The summed E-state index contributed by atoms with van der Waals surface area (Å²) in [4.78, 5) is 12.5. The van der Waals surface area contributed by atoms with Crippen LogP contribution < -0.4 is 10.1 Å². The summed E-state index contributed by atoms with van der Waals surface area (Å²) in [5, 5.41) is 15.0. The van der Waals surface area contributed by atoms with Crippen LogP contribution in [0.25, 0.3) is 5.69 Å². The molecule has 0 aliphatic rings. The number of carbonyl (C=O) groups is 1. The largest absolute Gasteiger partial charge is 0.478 e. The summed E-state index contributed by atoms with van der Waals surface area (Å²) < 4.78 is 7.35. The van der Waals surface area contributed by atoms with Crippen molar-refractivity contribution in [3.05, 3.63) is 65.4 Å². The number of halogens is 1. The Morgan fingerprint density at radius 1 is 1.15 bits per heavy atom. The molecule has 0 spiro atoms. The molecule has 26 heavy (non-hydrogen) atoms. The number of hydrogen-bond acceptors (Lipinski definition) is 5. The number of para-hydroxylation sites is 1. The number of amides is 1. The van der Waals surface area contributed by atoms with Crippen LogP contribution in [0.4, 0.5) is 0 Å². The van der Waals surface area contributed by atoms with Gasteiger partial charge in [-0.3, -0.25) is 4.79 Å². The van der Waals surface area contributed by atoms with Crippen LogP contribution in [0.15, 0.2) is 54.6 Å². The van der Waals surface area contributed by atoms with Crippen molar-refractivity contribution in [1.82, 2.24) is 25.5 Å². The van der Waals surface area contributed by atoms with E-state index in [9.17, 15) is 4.79 Å². The Morgan fingerprint density at radius 3 is 2.54 bits per heavy atom. The van der Waals surface area contributed by atoms with Crippen LogP contribution in [0.2, 0.25) is 5.02 Å². The topological polar surface area (TPSA) is 81.9 Å². The van der Waals surface area contributed by atoms with E-state index in [0.717, 1.165) is 5.69 Å². The molecule has 3 aromatic rings. The summed E-state index contributed by atoms with van der Waals surface area (Å²) in [7, 11) is 0. The molecule has 1 amide bonds. The predicted octanol–water partition coefficient (Wildman–Crippen LogP) is 2.79. The third kappa shape index (κ3) is 4.18. The predicted molar refractivity (Wildman–Crippen MR) is 97.2 cm³/mol. The van der Waals surface area contributed by atoms with Gasteiger partial charge in [0.05, 0.1) is 12.2 Å². The molecule has 2 aromatic carbocycles. The number of rotatable bonds is 6. The molecule has 0 aliphatic heterocycles. The SMILES string of the molecule is CC(C)(Oc1ccc(Cl)cc1)C(=O)NCc1nnnn1-c1ccccc1. The lowest BCUT2D eigenvalue weighted by atomic mass is 10.1. The highest BCUT2D eigenvalue weighted by atomic mass is 35.5. The van der Waals surface area contributed by atoms with E-state index in [0.29, 0.717) is 16.6 Å². The molecule has 0 saturated heterocycles. The van der Waals surface area contributed by atoms with Crippen LogP contribution in [0.3, 0.4) is 0 Å². The van der Waals surface area contributed by atoms with Crippen LogP contribution in [0.1, 0.15) is 19.7 Å². The van der Waals surface area contributed by atoms with Crippen molar-refractivity contribution < 1.29 is 9.53 Å². The van der Waals surface area contributed by atoms with Gasteiger partial charge in [0, 0.05) is 5.02 Å². The second-order valence-electron chi connectivity index (χ2n) is 6.09. The zero-order chi connectivity index (χ0) is 18.6.